The van der Waals surface area contributed by atoms with Gasteiger partial charge in [-0.15, -0.1) is 0 Å². The quantitative estimate of drug-likeness (QED) is 0.826. The van der Waals surface area contributed by atoms with Gasteiger partial charge < -0.3 is 9.84 Å². The number of nitrogens with one attached hydrogen (secondary N) is 1. The summed E-state index contributed by atoms with van der Waals surface area (Å²) in [6, 6.07) is 3.27. The molecular formula is C11H15NO5S. The van der Waals surface area contributed by atoms with E-state index in [1.165, 1.54) is 26.2 Å². The number of sulfonamides is 1. The highest BCUT2D eigenvalue weighted by Gasteiger charge is 2.23. The van der Waals surface area contributed by atoms with Gasteiger partial charge in [0.05, 0.1) is 12.0 Å². The van der Waals surface area contributed by atoms with Crippen molar-refractivity contribution in [2.45, 2.75) is 24.8 Å². The van der Waals surface area contributed by atoms with Crippen LogP contribution in [-0.2, 0) is 14.8 Å². The van der Waals surface area contributed by atoms with E-state index in [1.54, 1.807) is 13.0 Å². The molecule has 100 valence electrons. The molecule has 0 aliphatic heterocycles. The number of benzene rings is 1. The lowest BCUT2D eigenvalue weighted by molar-refractivity contribution is -0.138. The highest BCUT2D eigenvalue weighted by atomic mass is 32.2. The Labute approximate surface area is 106 Å². The van der Waals surface area contributed by atoms with Gasteiger partial charge in [-0.1, -0.05) is 0 Å². The number of ether oxygens (including phenoxy) is 1. The molecule has 0 radical (unpaired) electrons. The minimum atomic E-state index is -3.85. The summed E-state index contributed by atoms with van der Waals surface area (Å²) in [5.74, 6) is -0.692. The fraction of sp³-hybridized carbons (Fsp3) is 0.364. The first-order valence-corrected chi connectivity index (χ1v) is 6.66. The van der Waals surface area contributed by atoms with Crippen molar-refractivity contribution in [1.29, 1.82) is 0 Å². The highest BCUT2D eigenvalue weighted by Crippen LogP contribution is 2.20. The van der Waals surface area contributed by atoms with Gasteiger partial charge >= 0.3 is 5.97 Å². The smallest absolute Gasteiger partial charge is 0.321 e. The van der Waals surface area contributed by atoms with E-state index < -0.39 is 22.0 Å². The van der Waals surface area contributed by atoms with Crippen molar-refractivity contribution in [1.82, 2.24) is 4.72 Å². The molecule has 0 aromatic heterocycles. The maximum absolute atomic E-state index is 12.0. The van der Waals surface area contributed by atoms with Crippen LogP contribution in [0.25, 0.3) is 0 Å². The normalized spacial score (nSPS) is 13.1. The summed E-state index contributed by atoms with van der Waals surface area (Å²) in [5, 5.41) is 8.70. The molecule has 0 spiro atoms. The Hall–Kier alpha value is -1.60. The third-order valence-corrected chi connectivity index (χ3v) is 4.07. The summed E-state index contributed by atoms with van der Waals surface area (Å²) >= 11 is 0. The summed E-state index contributed by atoms with van der Waals surface area (Å²) in [5.41, 5.74) is 0.486. The number of hydrogen-bond acceptors (Lipinski definition) is 4. The van der Waals surface area contributed by atoms with Gasteiger partial charge in [0.2, 0.25) is 10.0 Å². The maximum Gasteiger partial charge on any atom is 0.321 e. The standard InChI is InChI=1S/C11H15NO5S/c1-7-6-9(17-3)4-5-10(7)18(15,16)12-8(2)11(13)14/h4-6,8,12H,1-3H3,(H,13,14)/t8-/m1/s1. The number of aryl methyl sites for hydroxylation is 1. The average molecular weight is 273 g/mol. The molecule has 0 fully saturated rings. The summed E-state index contributed by atoms with van der Waals surface area (Å²) < 4.78 is 31.0. The van der Waals surface area contributed by atoms with Gasteiger partial charge in [-0.25, -0.2) is 8.42 Å². The second-order valence-corrected chi connectivity index (χ2v) is 5.50. The van der Waals surface area contributed by atoms with Gasteiger partial charge in [0.15, 0.2) is 0 Å². The third kappa shape index (κ3) is 3.21. The van der Waals surface area contributed by atoms with Crippen LogP contribution in [0, 0.1) is 6.92 Å². The zero-order valence-electron chi connectivity index (χ0n) is 10.3. The Morgan fingerprint density at radius 2 is 2.06 bits per heavy atom. The Morgan fingerprint density at radius 3 is 2.50 bits per heavy atom. The van der Waals surface area contributed by atoms with Crippen LogP contribution in [0.5, 0.6) is 5.75 Å². The van der Waals surface area contributed by atoms with Crippen molar-refractivity contribution in [2.24, 2.45) is 0 Å². The van der Waals surface area contributed by atoms with Crippen molar-refractivity contribution in [2.75, 3.05) is 7.11 Å². The van der Waals surface area contributed by atoms with E-state index in [0.29, 0.717) is 11.3 Å². The van der Waals surface area contributed by atoms with Crippen LogP contribution >= 0.6 is 0 Å². The molecule has 1 rings (SSSR count). The zero-order chi connectivity index (χ0) is 13.9. The molecule has 2 N–H and O–H groups in total. The van der Waals surface area contributed by atoms with Crippen LogP contribution in [0.3, 0.4) is 0 Å². The minimum absolute atomic E-state index is 0.0383. The second-order valence-electron chi connectivity index (χ2n) is 3.81. The molecule has 0 aliphatic carbocycles. The first-order chi connectivity index (χ1) is 8.27. The minimum Gasteiger partial charge on any atom is -0.497 e. The van der Waals surface area contributed by atoms with Crippen LogP contribution in [0.2, 0.25) is 0 Å². The Kier molecular flexibility index (Phi) is 4.31. The van der Waals surface area contributed by atoms with Gasteiger partial charge in [-0.3, -0.25) is 4.79 Å². The van der Waals surface area contributed by atoms with Gasteiger partial charge in [-0.05, 0) is 37.6 Å². The summed E-state index contributed by atoms with van der Waals surface area (Å²) in [6.45, 7) is 2.88. The molecule has 0 unspecified atom stereocenters. The van der Waals surface area contributed by atoms with E-state index in [1.807, 2.05) is 0 Å². The molecule has 0 bridgehead atoms. The van der Waals surface area contributed by atoms with E-state index in [9.17, 15) is 13.2 Å². The number of methoxy groups -OCH3 is 1. The molecule has 18 heavy (non-hydrogen) atoms. The first kappa shape index (κ1) is 14.5. The molecule has 0 amide bonds. The van der Waals surface area contributed by atoms with E-state index in [-0.39, 0.29) is 4.90 Å². The molecule has 0 aliphatic rings. The molecule has 7 heteroatoms. The molecule has 1 aromatic carbocycles. The van der Waals surface area contributed by atoms with Crippen LogP contribution < -0.4 is 9.46 Å². The fourth-order valence-corrected chi connectivity index (χ4v) is 2.82. The van der Waals surface area contributed by atoms with E-state index in [4.69, 9.17) is 9.84 Å². The predicted octanol–water partition coefficient (Wildman–Crippen LogP) is 0.755. The van der Waals surface area contributed by atoms with Crippen molar-refractivity contribution in [3.63, 3.8) is 0 Å². The fourth-order valence-electron chi connectivity index (χ4n) is 1.40. The van der Waals surface area contributed by atoms with Crippen molar-refractivity contribution >= 4 is 16.0 Å². The van der Waals surface area contributed by atoms with Gasteiger partial charge in [-0.2, -0.15) is 4.72 Å². The van der Waals surface area contributed by atoms with E-state index in [0.717, 1.165) is 0 Å². The molecular weight excluding hydrogens is 258 g/mol. The monoisotopic (exact) mass is 273 g/mol. The largest absolute Gasteiger partial charge is 0.497 e. The van der Waals surface area contributed by atoms with Crippen LogP contribution in [0.4, 0.5) is 0 Å². The molecule has 0 saturated carbocycles. The number of carbonyl (C=O) groups is 1. The summed E-state index contributed by atoms with van der Waals surface area (Å²) in [7, 11) is -2.37. The third-order valence-electron chi connectivity index (χ3n) is 2.37. The first-order valence-electron chi connectivity index (χ1n) is 5.17. The SMILES string of the molecule is COc1ccc(S(=O)(=O)N[C@H](C)C(=O)O)c(C)c1. The van der Waals surface area contributed by atoms with Crippen LogP contribution in [-0.4, -0.2) is 32.6 Å². The van der Waals surface area contributed by atoms with Gasteiger partial charge in [0, 0.05) is 0 Å². The van der Waals surface area contributed by atoms with E-state index >= 15 is 0 Å². The van der Waals surface area contributed by atoms with Crippen molar-refractivity contribution in [3.8, 4) is 5.75 Å². The number of carboxylic acids is 1. The molecule has 1 aromatic rings. The highest BCUT2D eigenvalue weighted by molar-refractivity contribution is 7.89. The van der Waals surface area contributed by atoms with Crippen molar-refractivity contribution < 1.29 is 23.1 Å². The van der Waals surface area contributed by atoms with E-state index in [2.05, 4.69) is 4.72 Å². The lowest BCUT2D eigenvalue weighted by Crippen LogP contribution is -2.38. The van der Waals surface area contributed by atoms with Gasteiger partial charge in [0.25, 0.3) is 0 Å². The lowest BCUT2D eigenvalue weighted by atomic mass is 10.2. The summed E-state index contributed by atoms with van der Waals surface area (Å²) in [6.07, 6.45) is 0. The number of hydrogen-bond donors (Lipinski definition) is 2. The number of rotatable bonds is 5. The number of aliphatic carboxylic acids is 1. The van der Waals surface area contributed by atoms with Crippen molar-refractivity contribution in [3.05, 3.63) is 23.8 Å². The maximum atomic E-state index is 12.0. The number of carboxylic acid groups (broad SMARTS) is 1. The molecule has 0 heterocycles. The Bertz CT molecular complexity index is 553. The summed E-state index contributed by atoms with van der Waals surface area (Å²) in [4.78, 5) is 10.7. The van der Waals surface area contributed by atoms with Crippen LogP contribution in [0.15, 0.2) is 23.1 Å². The predicted molar refractivity (Wildman–Crippen MR) is 65.2 cm³/mol. The molecule has 0 saturated heterocycles. The topological polar surface area (TPSA) is 92.7 Å². The average Bonchev–Trinajstić information content (AvgIpc) is 2.27. The van der Waals surface area contributed by atoms with Gasteiger partial charge in [0.1, 0.15) is 11.8 Å². The Morgan fingerprint density at radius 1 is 1.44 bits per heavy atom. The lowest BCUT2D eigenvalue weighted by Gasteiger charge is -2.12. The molecule has 6 nitrogen and oxygen atoms in total. The second kappa shape index (κ2) is 5.36. The Balaban J connectivity index is 3.09. The van der Waals surface area contributed by atoms with Crippen LogP contribution in [0.1, 0.15) is 12.5 Å². The zero-order valence-corrected chi connectivity index (χ0v) is 11.1. The molecule has 1 atom stereocenters.